The van der Waals surface area contributed by atoms with E-state index in [1.54, 1.807) is 0 Å². The first-order valence-corrected chi connectivity index (χ1v) is 16.7. The van der Waals surface area contributed by atoms with Gasteiger partial charge in [-0.05, 0) is 88.0 Å². The van der Waals surface area contributed by atoms with E-state index in [1.807, 2.05) is 17.4 Å². The molecule has 2 nitrogen and oxygen atoms in total. The SMILES string of the molecule is c1ccc(-c2ccc3c(c2)oc2cc(-c4ccccc4-c4ccc5sc6c7ccccc7n(-c7ccccc7)c6c5c4)ccc23)cc1. The number of hydrogen-bond donors (Lipinski definition) is 0. The molecule has 3 heterocycles. The summed E-state index contributed by atoms with van der Waals surface area (Å²) in [7, 11) is 0. The lowest BCUT2D eigenvalue weighted by Gasteiger charge is -2.11. The highest BCUT2D eigenvalue weighted by Gasteiger charge is 2.19. The molecule has 0 N–H and O–H groups in total. The minimum absolute atomic E-state index is 0.903. The maximum Gasteiger partial charge on any atom is 0.136 e. The average molecular weight is 618 g/mol. The van der Waals surface area contributed by atoms with E-state index in [0.717, 1.165) is 33.1 Å². The Hall–Kier alpha value is -5.90. The van der Waals surface area contributed by atoms with Crippen molar-refractivity contribution >= 4 is 64.5 Å². The number of thiophene rings is 1. The second kappa shape index (κ2) is 10.3. The largest absolute Gasteiger partial charge is 0.456 e. The van der Waals surface area contributed by atoms with Crippen molar-refractivity contribution in [3.8, 4) is 39.1 Å². The van der Waals surface area contributed by atoms with E-state index in [4.69, 9.17) is 4.42 Å². The number of nitrogens with zero attached hydrogens (tertiary/aromatic N) is 1. The lowest BCUT2D eigenvalue weighted by molar-refractivity contribution is 0.669. The summed E-state index contributed by atoms with van der Waals surface area (Å²) in [5.41, 5.74) is 12.6. The van der Waals surface area contributed by atoms with Crippen LogP contribution in [0.15, 0.2) is 168 Å². The minimum Gasteiger partial charge on any atom is -0.456 e. The summed E-state index contributed by atoms with van der Waals surface area (Å²) in [4.78, 5) is 0. The molecular weight excluding hydrogens is 591 g/mol. The van der Waals surface area contributed by atoms with Gasteiger partial charge in [-0.15, -0.1) is 11.3 Å². The van der Waals surface area contributed by atoms with E-state index >= 15 is 0 Å². The highest BCUT2D eigenvalue weighted by molar-refractivity contribution is 7.26. The Labute approximate surface area is 275 Å². The smallest absolute Gasteiger partial charge is 0.136 e. The van der Waals surface area contributed by atoms with E-state index in [0.29, 0.717) is 0 Å². The molecule has 0 amide bonds. The molecule has 47 heavy (non-hydrogen) atoms. The number of benzene rings is 7. The standard InChI is InChI=1S/C44H27NOS/c1-3-11-28(12-4-1)29-19-22-35-36-23-20-31(27-41(36)46-40(35)26-29)34-16-8-7-15-33(34)30-21-24-42-38(25-30)43-44(47-42)37-17-9-10-18-39(37)45(43)32-13-5-2-6-14-32/h1-27H. The molecule has 0 radical (unpaired) electrons. The van der Waals surface area contributed by atoms with Gasteiger partial charge < -0.3 is 8.98 Å². The van der Waals surface area contributed by atoms with Gasteiger partial charge in [0.15, 0.2) is 0 Å². The van der Waals surface area contributed by atoms with Gasteiger partial charge in [0.05, 0.1) is 15.7 Å². The Kier molecular flexibility index (Phi) is 5.78. The molecule has 0 aliphatic heterocycles. The molecule has 0 fully saturated rings. The van der Waals surface area contributed by atoms with Gasteiger partial charge in [0.25, 0.3) is 0 Å². The van der Waals surface area contributed by atoms with Gasteiger partial charge in [-0.1, -0.05) is 109 Å². The third-order valence-electron chi connectivity index (χ3n) is 9.42. The summed E-state index contributed by atoms with van der Waals surface area (Å²) in [6, 6.07) is 58.8. The first kappa shape index (κ1) is 26.3. The Morgan fingerprint density at radius 3 is 1.79 bits per heavy atom. The Bertz CT molecular complexity index is 2780. The molecule has 0 bridgehead atoms. The number of furan rings is 1. The van der Waals surface area contributed by atoms with Gasteiger partial charge in [-0.2, -0.15) is 0 Å². The molecule has 0 aliphatic rings. The molecule has 3 heteroatoms. The van der Waals surface area contributed by atoms with Crippen molar-refractivity contribution in [3.05, 3.63) is 164 Å². The minimum atomic E-state index is 0.903. The van der Waals surface area contributed by atoms with Gasteiger partial charge in [0.1, 0.15) is 11.2 Å². The molecule has 7 aromatic carbocycles. The second-order valence-corrected chi connectivity index (χ2v) is 13.2. The van der Waals surface area contributed by atoms with Gasteiger partial charge in [0.2, 0.25) is 0 Å². The molecule has 10 rings (SSSR count). The Morgan fingerprint density at radius 2 is 1.02 bits per heavy atom. The zero-order chi connectivity index (χ0) is 30.9. The highest BCUT2D eigenvalue weighted by atomic mass is 32.1. The summed E-state index contributed by atoms with van der Waals surface area (Å²) < 4.78 is 11.6. The summed E-state index contributed by atoms with van der Waals surface area (Å²) in [5.74, 6) is 0. The number of aromatic nitrogens is 1. The molecule has 10 aromatic rings. The number of rotatable bonds is 4. The molecular formula is C44H27NOS. The van der Waals surface area contributed by atoms with Crippen LogP contribution in [0.4, 0.5) is 0 Å². The van der Waals surface area contributed by atoms with Crippen LogP contribution in [-0.2, 0) is 0 Å². The summed E-state index contributed by atoms with van der Waals surface area (Å²) in [6.07, 6.45) is 0. The van der Waals surface area contributed by atoms with Gasteiger partial charge in [-0.3, -0.25) is 0 Å². The predicted molar refractivity (Wildman–Crippen MR) is 200 cm³/mol. The normalized spacial score (nSPS) is 11.8. The molecule has 0 saturated heterocycles. The number of fused-ring (bicyclic) bond motifs is 8. The van der Waals surface area contributed by atoms with Crippen LogP contribution in [0.2, 0.25) is 0 Å². The van der Waals surface area contributed by atoms with Crippen LogP contribution in [0.3, 0.4) is 0 Å². The maximum absolute atomic E-state index is 6.50. The van der Waals surface area contributed by atoms with E-state index in [9.17, 15) is 0 Å². The van der Waals surface area contributed by atoms with Gasteiger partial charge >= 0.3 is 0 Å². The third kappa shape index (κ3) is 4.10. The monoisotopic (exact) mass is 617 g/mol. The summed E-state index contributed by atoms with van der Waals surface area (Å²) in [5, 5.41) is 4.85. The van der Waals surface area contributed by atoms with Crippen LogP contribution in [0.1, 0.15) is 0 Å². The fourth-order valence-corrected chi connectivity index (χ4v) is 8.43. The van der Waals surface area contributed by atoms with Crippen LogP contribution in [0, 0.1) is 0 Å². The zero-order valence-electron chi connectivity index (χ0n) is 25.4. The fraction of sp³-hybridized carbons (Fsp3) is 0. The van der Waals surface area contributed by atoms with Crippen molar-refractivity contribution in [1.82, 2.24) is 4.57 Å². The molecule has 3 aromatic heterocycles. The van der Waals surface area contributed by atoms with Crippen molar-refractivity contribution in [2.75, 3.05) is 0 Å². The topological polar surface area (TPSA) is 18.1 Å². The van der Waals surface area contributed by atoms with E-state index in [2.05, 4.69) is 162 Å². The first-order valence-electron chi connectivity index (χ1n) is 15.9. The van der Waals surface area contributed by atoms with Crippen molar-refractivity contribution < 1.29 is 4.42 Å². The molecule has 0 spiro atoms. The maximum atomic E-state index is 6.50. The molecule has 220 valence electrons. The Balaban J connectivity index is 1.13. The second-order valence-electron chi connectivity index (χ2n) is 12.1. The van der Waals surface area contributed by atoms with Gasteiger partial charge in [-0.25, -0.2) is 0 Å². The lowest BCUT2D eigenvalue weighted by Crippen LogP contribution is -1.93. The first-order chi connectivity index (χ1) is 23.3. The van der Waals surface area contributed by atoms with Crippen LogP contribution in [-0.4, -0.2) is 4.57 Å². The molecule has 0 unspecified atom stereocenters. The molecule has 0 saturated carbocycles. The Morgan fingerprint density at radius 1 is 0.426 bits per heavy atom. The van der Waals surface area contributed by atoms with Crippen molar-refractivity contribution in [1.29, 1.82) is 0 Å². The van der Waals surface area contributed by atoms with Crippen molar-refractivity contribution in [3.63, 3.8) is 0 Å². The fourth-order valence-electron chi connectivity index (χ4n) is 7.22. The summed E-state index contributed by atoms with van der Waals surface area (Å²) >= 11 is 1.88. The van der Waals surface area contributed by atoms with Crippen molar-refractivity contribution in [2.24, 2.45) is 0 Å². The number of para-hydroxylation sites is 2. The highest BCUT2D eigenvalue weighted by Crippen LogP contribution is 2.44. The third-order valence-corrected chi connectivity index (χ3v) is 10.6. The van der Waals surface area contributed by atoms with Crippen LogP contribution >= 0.6 is 11.3 Å². The average Bonchev–Trinajstić information content (AvgIpc) is 3.80. The summed E-state index contributed by atoms with van der Waals surface area (Å²) in [6.45, 7) is 0. The molecule has 0 aliphatic carbocycles. The van der Waals surface area contributed by atoms with Crippen LogP contribution in [0.25, 0.3) is 92.2 Å². The van der Waals surface area contributed by atoms with Crippen LogP contribution < -0.4 is 0 Å². The van der Waals surface area contributed by atoms with Crippen molar-refractivity contribution in [2.45, 2.75) is 0 Å². The van der Waals surface area contributed by atoms with E-state index in [1.165, 1.54) is 59.1 Å². The van der Waals surface area contributed by atoms with E-state index < -0.39 is 0 Å². The van der Waals surface area contributed by atoms with Gasteiger partial charge in [0, 0.05) is 31.9 Å². The number of hydrogen-bond acceptors (Lipinski definition) is 2. The predicted octanol–water partition coefficient (Wildman–Crippen LogP) is 12.9. The molecule has 0 atom stereocenters. The zero-order valence-corrected chi connectivity index (χ0v) is 26.2. The lowest BCUT2D eigenvalue weighted by atomic mass is 9.93. The quantitative estimate of drug-likeness (QED) is 0.192. The van der Waals surface area contributed by atoms with E-state index in [-0.39, 0.29) is 0 Å². The van der Waals surface area contributed by atoms with Crippen LogP contribution in [0.5, 0.6) is 0 Å².